The van der Waals surface area contributed by atoms with Gasteiger partial charge in [0.25, 0.3) is 5.78 Å². The highest BCUT2D eigenvalue weighted by Crippen LogP contribution is 2.13. The van der Waals surface area contributed by atoms with Gasteiger partial charge in [0.05, 0.1) is 0 Å². The van der Waals surface area contributed by atoms with Crippen molar-refractivity contribution in [3.8, 4) is 0 Å². The van der Waals surface area contributed by atoms with E-state index in [1.54, 1.807) is 31.3 Å². The Kier molecular flexibility index (Phi) is 3.24. The number of ketones is 1. The molecule has 1 heterocycles. The summed E-state index contributed by atoms with van der Waals surface area (Å²) in [5.41, 5.74) is 2.08. The number of likely N-dealkylation sites (N-methyl/N-ethyl adjacent to an activating group) is 1. The van der Waals surface area contributed by atoms with E-state index < -0.39 is 11.7 Å². The quantitative estimate of drug-likeness (QED) is 0.607. The predicted molar refractivity (Wildman–Crippen MR) is 64.1 cm³/mol. The van der Waals surface area contributed by atoms with Gasteiger partial charge in [-0.15, -0.1) is 10.2 Å². The van der Waals surface area contributed by atoms with Gasteiger partial charge in [-0.3, -0.25) is 9.59 Å². The highest BCUT2D eigenvalue weighted by atomic mass is 32.1. The SMILES string of the molecule is CN(C(=O)C(=O)c1nncs1)c1ccccc1. The molecular weight excluding hydrogens is 238 g/mol. The lowest BCUT2D eigenvalue weighted by atomic mass is 10.2. The first kappa shape index (κ1) is 11.4. The summed E-state index contributed by atoms with van der Waals surface area (Å²) in [5, 5.41) is 7.23. The van der Waals surface area contributed by atoms with Gasteiger partial charge in [-0.05, 0) is 12.1 Å². The number of hydrogen-bond acceptors (Lipinski definition) is 5. The van der Waals surface area contributed by atoms with Crippen molar-refractivity contribution in [2.45, 2.75) is 0 Å². The molecule has 1 aromatic carbocycles. The van der Waals surface area contributed by atoms with E-state index in [-0.39, 0.29) is 5.01 Å². The van der Waals surface area contributed by atoms with Crippen LogP contribution in [0.25, 0.3) is 0 Å². The van der Waals surface area contributed by atoms with Gasteiger partial charge in [-0.1, -0.05) is 29.5 Å². The van der Waals surface area contributed by atoms with Crippen molar-refractivity contribution >= 4 is 28.7 Å². The second-order valence-corrected chi connectivity index (χ2v) is 4.11. The second-order valence-electron chi connectivity index (χ2n) is 3.27. The van der Waals surface area contributed by atoms with E-state index in [0.29, 0.717) is 5.69 Å². The van der Waals surface area contributed by atoms with Gasteiger partial charge in [0, 0.05) is 12.7 Å². The molecule has 2 rings (SSSR count). The molecule has 0 radical (unpaired) electrons. The maximum absolute atomic E-state index is 11.9. The molecule has 6 heteroatoms. The minimum Gasteiger partial charge on any atom is -0.309 e. The fraction of sp³-hybridized carbons (Fsp3) is 0.0909. The predicted octanol–water partition coefficient (Wildman–Crippen LogP) is 1.38. The molecular formula is C11H9N3O2S. The normalized spacial score (nSPS) is 9.94. The average Bonchev–Trinajstić information content (AvgIpc) is 2.91. The third kappa shape index (κ3) is 2.36. The molecule has 0 atom stereocenters. The number of anilines is 1. The molecule has 0 saturated carbocycles. The summed E-state index contributed by atoms with van der Waals surface area (Å²) in [5.74, 6) is -1.26. The van der Waals surface area contributed by atoms with Crippen LogP contribution in [0.1, 0.15) is 9.80 Å². The van der Waals surface area contributed by atoms with Crippen molar-refractivity contribution in [3.05, 3.63) is 40.8 Å². The number of aromatic nitrogens is 2. The van der Waals surface area contributed by atoms with Crippen LogP contribution in [0.4, 0.5) is 5.69 Å². The average molecular weight is 247 g/mol. The van der Waals surface area contributed by atoms with Gasteiger partial charge < -0.3 is 4.90 Å². The van der Waals surface area contributed by atoms with Crippen LogP contribution in [-0.4, -0.2) is 28.9 Å². The van der Waals surface area contributed by atoms with Crippen LogP contribution < -0.4 is 4.90 Å². The minimum atomic E-state index is -0.640. The first-order valence-corrected chi connectivity index (χ1v) is 5.71. The van der Waals surface area contributed by atoms with Gasteiger partial charge in [-0.2, -0.15) is 0 Å². The van der Waals surface area contributed by atoms with E-state index in [9.17, 15) is 9.59 Å². The summed E-state index contributed by atoms with van der Waals surface area (Å²) in [6, 6.07) is 8.95. The van der Waals surface area contributed by atoms with Gasteiger partial charge >= 0.3 is 5.91 Å². The van der Waals surface area contributed by atoms with E-state index >= 15 is 0 Å². The molecule has 0 spiro atoms. The Bertz CT molecular complexity index is 525. The van der Waals surface area contributed by atoms with E-state index in [1.165, 1.54) is 10.4 Å². The van der Waals surface area contributed by atoms with Crippen molar-refractivity contribution < 1.29 is 9.59 Å². The summed E-state index contributed by atoms with van der Waals surface area (Å²) < 4.78 is 0. The largest absolute Gasteiger partial charge is 0.309 e. The van der Waals surface area contributed by atoms with E-state index in [2.05, 4.69) is 10.2 Å². The standard InChI is InChI=1S/C11H9N3O2S/c1-14(8-5-3-2-4-6-8)11(16)9(15)10-13-12-7-17-10/h2-7H,1H3. The summed E-state index contributed by atoms with van der Waals surface area (Å²) in [7, 11) is 1.55. The Morgan fingerprint density at radius 3 is 2.53 bits per heavy atom. The number of carbonyl (C=O) groups is 2. The van der Waals surface area contributed by atoms with Crippen molar-refractivity contribution in [3.63, 3.8) is 0 Å². The van der Waals surface area contributed by atoms with E-state index in [0.717, 1.165) is 11.3 Å². The lowest BCUT2D eigenvalue weighted by Gasteiger charge is -2.15. The van der Waals surface area contributed by atoms with Gasteiger partial charge in [-0.25, -0.2) is 0 Å². The smallest absolute Gasteiger partial charge is 0.301 e. The molecule has 0 aliphatic rings. The van der Waals surface area contributed by atoms with E-state index in [4.69, 9.17) is 0 Å². The number of hydrogen-bond donors (Lipinski definition) is 0. The van der Waals surface area contributed by atoms with Crippen molar-refractivity contribution in [2.24, 2.45) is 0 Å². The van der Waals surface area contributed by atoms with E-state index in [1.807, 2.05) is 6.07 Å². The highest BCUT2D eigenvalue weighted by molar-refractivity contribution is 7.12. The third-order valence-electron chi connectivity index (χ3n) is 2.20. The Morgan fingerprint density at radius 1 is 1.24 bits per heavy atom. The van der Waals surface area contributed by atoms with Crippen LogP contribution in [0.5, 0.6) is 0 Å². The van der Waals surface area contributed by atoms with Gasteiger partial charge in [0.1, 0.15) is 5.51 Å². The minimum absolute atomic E-state index is 0.109. The van der Waals surface area contributed by atoms with Crippen LogP contribution in [0.3, 0.4) is 0 Å². The lowest BCUT2D eigenvalue weighted by molar-refractivity contribution is -0.114. The topological polar surface area (TPSA) is 63.2 Å². The fourth-order valence-electron chi connectivity index (χ4n) is 1.28. The number of para-hydroxylation sites is 1. The molecule has 0 aliphatic heterocycles. The Morgan fingerprint density at radius 2 is 1.94 bits per heavy atom. The van der Waals surface area contributed by atoms with Crippen LogP contribution in [0, 0.1) is 0 Å². The maximum Gasteiger partial charge on any atom is 0.301 e. The number of rotatable bonds is 3. The van der Waals surface area contributed by atoms with Crippen LogP contribution in [0.15, 0.2) is 35.8 Å². The first-order chi connectivity index (χ1) is 8.20. The van der Waals surface area contributed by atoms with Gasteiger partial charge in [0.15, 0.2) is 5.01 Å². The monoisotopic (exact) mass is 247 g/mol. The van der Waals surface area contributed by atoms with Crippen molar-refractivity contribution in [2.75, 3.05) is 11.9 Å². The Balaban J connectivity index is 2.19. The molecule has 5 nitrogen and oxygen atoms in total. The Hall–Kier alpha value is -2.08. The number of nitrogens with zero attached hydrogens (tertiary/aromatic N) is 3. The summed E-state index contributed by atoms with van der Waals surface area (Å²) in [6.07, 6.45) is 0. The lowest BCUT2D eigenvalue weighted by Crippen LogP contribution is -2.33. The zero-order valence-corrected chi connectivity index (χ0v) is 9.85. The molecule has 0 aliphatic carbocycles. The van der Waals surface area contributed by atoms with Crippen LogP contribution in [-0.2, 0) is 4.79 Å². The molecule has 1 amide bonds. The summed E-state index contributed by atoms with van der Waals surface area (Å²) >= 11 is 1.05. The molecule has 0 N–H and O–H groups in total. The van der Waals surface area contributed by atoms with Crippen molar-refractivity contribution in [1.82, 2.24) is 10.2 Å². The fourth-order valence-corrected chi connectivity index (χ4v) is 1.77. The summed E-state index contributed by atoms with van der Waals surface area (Å²) in [6.45, 7) is 0. The van der Waals surface area contributed by atoms with Crippen LogP contribution in [0.2, 0.25) is 0 Å². The molecule has 0 unspecified atom stereocenters. The third-order valence-corrected chi connectivity index (χ3v) is 2.89. The van der Waals surface area contributed by atoms with Crippen LogP contribution >= 0.6 is 11.3 Å². The van der Waals surface area contributed by atoms with Gasteiger partial charge in [0.2, 0.25) is 0 Å². The first-order valence-electron chi connectivity index (χ1n) is 4.83. The number of carbonyl (C=O) groups excluding carboxylic acids is 2. The molecule has 86 valence electrons. The zero-order chi connectivity index (χ0) is 12.3. The summed E-state index contributed by atoms with van der Waals surface area (Å²) in [4.78, 5) is 24.9. The zero-order valence-electron chi connectivity index (χ0n) is 9.03. The number of benzene rings is 1. The second kappa shape index (κ2) is 4.84. The molecule has 17 heavy (non-hydrogen) atoms. The highest BCUT2D eigenvalue weighted by Gasteiger charge is 2.23. The molecule has 0 bridgehead atoms. The number of Topliss-reactive ketones (excluding diaryl/α,β-unsaturated/α-hetero) is 1. The molecule has 0 saturated heterocycles. The molecule has 2 aromatic rings. The Labute approximate surface area is 102 Å². The number of amides is 1. The molecule has 0 fully saturated rings. The molecule has 1 aromatic heterocycles. The maximum atomic E-state index is 11.9. The van der Waals surface area contributed by atoms with Crippen molar-refractivity contribution in [1.29, 1.82) is 0 Å².